The van der Waals surface area contributed by atoms with E-state index >= 15 is 0 Å². The van der Waals surface area contributed by atoms with Crippen molar-refractivity contribution < 1.29 is 13.2 Å². The van der Waals surface area contributed by atoms with Gasteiger partial charge in [0.05, 0.1) is 10.3 Å². The van der Waals surface area contributed by atoms with Gasteiger partial charge in [-0.2, -0.15) is 0 Å². The molecule has 6 nitrogen and oxygen atoms in total. The molecule has 18 heavy (non-hydrogen) atoms. The number of nitrogens with one attached hydrogen (secondary N) is 1. The molecule has 1 rings (SSSR count). The molecule has 0 aromatic heterocycles. The second kappa shape index (κ2) is 5.05. The third kappa shape index (κ3) is 3.52. The standard InChI is InChI=1S/C11H17N3O3S/c1-11(2,7-12)10(15)14-8-3-5-9(6-4-8)18(13,16)17/h3-6H,7,12H2,1-2H3,(H,14,15)(H2,13,16,17). The fraction of sp³-hybridized carbons (Fsp3) is 0.364. The number of nitrogens with two attached hydrogens (primary N) is 2. The van der Waals surface area contributed by atoms with Gasteiger partial charge in [0.1, 0.15) is 0 Å². The summed E-state index contributed by atoms with van der Waals surface area (Å²) in [5.41, 5.74) is 5.30. The summed E-state index contributed by atoms with van der Waals surface area (Å²) in [5.74, 6) is -0.228. The van der Waals surface area contributed by atoms with Crippen LogP contribution in [0.4, 0.5) is 5.69 Å². The Morgan fingerprint density at radius 3 is 2.17 bits per heavy atom. The summed E-state index contributed by atoms with van der Waals surface area (Å²) in [6.07, 6.45) is 0. The van der Waals surface area contributed by atoms with Gasteiger partial charge in [0.25, 0.3) is 0 Å². The topological polar surface area (TPSA) is 115 Å². The van der Waals surface area contributed by atoms with E-state index in [-0.39, 0.29) is 17.3 Å². The summed E-state index contributed by atoms with van der Waals surface area (Å²) >= 11 is 0. The molecule has 0 aliphatic heterocycles. The van der Waals surface area contributed by atoms with Crippen LogP contribution in [0.3, 0.4) is 0 Å². The van der Waals surface area contributed by atoms with E-state index in [1.807, 2.05) is 0 Å². The number of primary sulfonamides is 1. The van der Waals surface area contributed by atoms with Crippen molar-refractivity contribution in [2.24, 2.45) is 16.3 Å². The van der Waals surface area contributed by atoms with Crippen LogP contribution < -0.4 is 16.2 Å². The van der Waals surface area contributed by atoms with Crippen molar-refractivity contribution in [3.8, 4) is 0 Å². The third-order valence-corrected chi connectivity index (χ3v) is 3.49. The van der Waals surface area contributed by atoms with Crippen LogP contribution in [0.1, 0.15) is 13.8 Å². The fourth-order valence-corrected chi connectivity index (χ4v) is 1.64. The van der Waals surface area contributed by atoms with Crippen molar-refractivity contribution in [1.29, 1.82) is 0 Å². The number of benzene rings is 1. The van der Waals surface area contributed by atoms with Crippen molar-refractivity contribution in [3.63, 3.8) is 0 Å². The molecule has 0 atom stereocenters. The Kier molecular flexibility index (Phi) is 4.10. The highest BCUT2D eigenvalue weighted by atomic mass is 32.2. The molecule has 1 aromatic rings. The van der Waals surface area contributed by atoms with E-state index in [2.05, 4.69) is 5.32 Å². The smallest absolute Gasteiger partial charge is 0.238 e. The normalized spacial score (nSPS) is 12.2. The number of anilines is 1. The van der Waals surface area contributed by atoms with Gasteiger partial charge in [-0.15, -0.1) is 0 Å². The molecule has 0 fully saturated rings. The second-order valence-electron chi connectivity index (χ2n) is 4.61. The van der Waals surface area contributed by atoms with Gasteiger partial charge in [0, 0.05) is 12.2 Å². The molecule has 0 radical (unpaired) electrons. The predicted octanol–water partition coefficient (Wildman–Crippen LogP) is 0.257. The molecule has 1 amide bonds. The Bertz CT molecular complexity index is 535. The molecule has 0 heterocycles. The molecular formula is C11H17N3O3S. The molecular weight excluding hydrogens is 254 g/mol. The zero-order chi connectivity index (χ0) is 14.0. The summed E-state index contributed by atoms with van der Waals surface area (Å²) < 4.78 is 22.1. The summed E-state index contributed by atoms with van der Waals surface area (Å²) in [5, 5.41) is 7.62. The second-order valence-corrected chi connectivity index (χ2v) is 6.17. The Labute approximate surface area is 106 Å². The van der Waals surface area contributed by atoms with Crippen molar-refractivity contribution in [3.05, 3.63) is 24.3 Å². The monoisotopic (exact) mass is 271 g/mol. The van der Waals surface area contributed by atoms with Crippen molar-refractivity contribution >= 4 is 21.6 Å². The van der Waals surface area contributed by atoms with E-state index in [1.54, 1.807) is 13.8 Å². The minimum atomic E-state index is -3.71. The first kappa shape index (κ1) is 14.6. The molecule has 0 unspecified atom stereocenters. The minimum Gasteiger partial charge on any atom is -0.329 e. The van der Waals surface area contributed by atoms with Crippen molar-refractivity contribution in [1.82, 2.24) is 0 Å². The van der Waals surface area contributed by atoms with Gasteiger partial charge in [-0.05, 0) is 38.1 Å². The van der Waals surface area contributed by atoms with Gasteiger partial charge >= 0.3 is 0 Å². The minimum absolute atomic E-state index is 0.00131. The number of rotatable bonds is 4. The van der Waals surface area contributed by atoms with Gasteiger partial charge < -0.3 is 11.1 Å². The molecule has 0 saturated carbocycles. The highest BCUT2D eigenvalue weighted by molar-refractivity contribution is 7.89. The number of hydrogen-bond donors (Lipinski definition) is 3. The predicted molar refractivity (Wildman–Crippen MR) is 69.3 cm³/mol. The summed E-state index contributed by atoms with van der Waals surface area (Å²) in [7, 11) is -3.71. The van der Waals surface area contributed by atoms with Gasteiger partial charge in [-0.1, -0.05) is 0 Å². The highest BCUT2D eigenvalue weighted by Crippen LogP contribution is 2.18. The molecule has 0 aliphatic rings. The van der Waals surface area contributed by atoms with E-state index in [0.717, 1.165) is 0 Å². The molecule has 0 saturated heterocycles. The Morgan fingerprint density at radius 2 is 1.78 bits per heavy atom. The molecule has 100 valence electrons. The van der Waals surface area contributed by atoms with Gasteiger partial charge in [-0.3, -0.25) is 4.79 Å². The molecule has 0 aliphatic carbocycles. The lowest BCUT2D eigenvalue weighted by Crippen LogP contribution is -2.37. The largest absolute Gasteiger partial charge is 0.329 e. The van der Waals surface area contributed by atoms with E-state index in [4.69, 9.17) is 10.9 Å². The maximum Gasteiger partial charge on any atom is 0.238 e. The Balaban J connectivity index is 2.86. The Morgan fingerprint density at radius 1 is 1.28 bits per heavy atom. The number of carbonyl (C=O) groups is 1. The lowest BCUT2D eigenvalue weighted by molar-refractivity contribution is -0.123. The van der Waals surface area contributed by atoms with Crippen molar-refractivity contribution in [2.45, 2.75) is 18.7 Å². The molecule has 0 bridgehead atoms. The van der Waals surface area contributed by atoms with E-state index in [9.17, 15) is 13.2 Å². The van der Waals surface area contributed by atoms with Crippen LogP contribution in [0.5, 0.6) is 0 Å². The van der Waals surface area contributed by atoms with Crippen LogP contribution in [0.25, 0.3) is 0 Å². The zero-order valence-electron chi connectivity index (χ0n) is 10.3. The fourth-order valence-electron chi connectivity index (χ4n) is 1.12. The number of amides is 1. The van der Waals surface area contributed by atoms with E-state index < -0.39 is 15.4 Å². The number of carbonyl (C=O) groups excluding carboxylic acids is 1. The number of hydrogen-bond acceptors (Lipinski definition) is 4. The third-order valence-electron chi connectivity index (χ3n) is 2.57. The quantitative estimate of drug-likeness (QED) is 0.728. The molecule has 5 N–H and O–H groups in total. The van der Waals surface area contributed by atoms with E-state index in [0.29, 0.717) is 5.69 Å². The Hall–Kier alpha value is -1.44. The average Bonchev–Trinajstić information content (AvgIpc) is 2.28. The summed E-state index contributed by atoms with van der Waals surface area (Å²) in [6.45, 7) is 3.66. The van der Waals surface area contributed by atoms with E-state index in [1.165, 1.54) is 24.3 Å². The number of sulfonamides is 1. The van der Waals surface area contributed by atoms with Crippen LogP contribution in [0.15, 0.2) is 29.2 Å². The SMILES string of the molecule is CC(C)(CN)C(=O)Nc1ccc(S(N)(=O)=O)cc1. The first-order chi connectivity index (χ1) is 8.16. The summed E-state index contributed by atoms with van der Waals surface area (Å²) in [6, 6.07) is 5.62. The highest BCUT2D eigenvalue weighted by Gasteiger charge is 2.25. The van der Waals surface area contributed by atoms with Crippen LogP contribution in [0.2, 0.25) is 0 Å². The molecule has 0 spiro atoms. The van der Waals surface area contributed by atoms with Gasteiger partial charge in [0.15, 0.2) is 0 Å². The average molecular weight is 271 g/mol. The first-order valence-electron chi connectivity index (χ1n) is 5.31. The first-order valence-corrected chi connectivity index (χ1v) is 6.86. The van der Waals surface area contributed by atoms with Gasteiger partial charge in [-0.25, -0.2) is 13.6 Å². The zero-order valence-corrected chi connectivity index (χ0v) is 11.1. The van der Waals surface area contributed by atoms with Crippen LogP contribution in [0, 0.1) is 5.41 Å². The van der Waals surface area contributed by atoms with Crippen LogP contribution in [-0.2, 0) is 14.8 Å². The maximum atomic E-state index is 11.8. The lowest BCUT2D eigenvalue weighted by Gasteiger charge is -2.21. The van der Waals surface area contributed by atoms with Crippen LogP contribution >= 0.6 is 0 Å². The maximum absolute atomic E-state index is 11.8. The molecule has 1 aromatic carbocycles. The lowest BCUT2D eigenvalue weighted by atomic mass is 9.92. The van der Waals surface area contributed by atoms with Gasteiger partial charge in [0.2, 0.25) is 15.9 Å². The van der Waals surface area contributed by atoms with Crippen molar-refractivity contribution in [2.75, 3.05) is 11.9 Å². The van der Waals surface area contributed by atoms with Crippen LogP contribution in [-0.4, -0.2) is 20.9 Å². The molecule has 7 heteroatoms. The summed E-state index contributed by atoms with van der Waals surface area (Å²) in [4.78, 5) is 11.8.